The van der Waals surface area contributed by atoms with Crippen LogP contribution in [0, 0.1) is 26.0 Å². The van der Waals surface area contributed by atoms with Crippen LogP contribution in [0.2, 0.25) is 0 Å². The number of non-ortho nitro benzene ring substituents is 1. The van der Waals surface area contributed by atoms with Gasteiger partial charge in [0.15, 0.2) is 11.6 Å². The number of nitro benzene ring substituents is 2. The third-order valence-corrected chi connectivity index (χ3v) is 4.70. The van der Waals surface area contributed by atoms with Crippen molar-refractivity contribution in [3.63, 3.8) is 0 Å². The van der Waals surface area contributed by atoms with E-state index in [9.17, 15) is 24.6 Å². The summed E-state index contributed by atoms with van der Waals surface area (Å²) in [5.41, 5.74) is 0.592. The zero-order chi connectivity index (χ0) is 20.3. The van der Waals surface area contributed by atoms with Crippen molar-refractivity contribution in [1.82, 2.24) is 4.90 Å². The molecule has 0 aliphatic carbocycles. The monoisotopic (exact) mass is 390 g/mol. The van der Waals surface area contributed by atoms with Gasteiger partial charge in [0, 0.05) is 38.8 Å². The van der Waals surface area contributed by atoms with Crippen molar-refractivity contribution in [3.05, 3.63) is 68.0 Å². The van der Waals surface area contributed by atoms with E-state index in [0.717, 1.165) is 11.6 Å². The zero-order valence-electron chi connectivity index (χ0n) is 15.2. The Balaban J connectivity index is 1.68. The number of benzene rings is 2. The van der Waals surface area contributed by atoms with E-state index >= 15 is 0 Å². The van der Waals surface area contributed by atoms with Crippen molar-refractivity contribution in [3.8, 4) is 5.75 Å². The fourth-order valence-corrected chi connectivity index (χ4v) is 3.25. The van der Waals surface area contributed by atoms with Gasteiger partial charge in [-0.2, -0.15) is 0 Å². The smallest absolute Gasteiger partial charge is 0.299 e. The van der Waals surface area contributed by atoms with Gasteiger partial charge < -0.3 is 9.64 Å². The van der Waals surface area contributed by atoms with Gasteiger partial charge >= 0.3 is 0 Å². The van der Waals surface area contributed by atoms with Crippen LogP contribution in [0.15, 0.2) is 36.4 Å². The average Bonchev–Trinajstić information content (AvgIpc) is 2.68. The molecule has 2 aromatic carbocycles. The molecule has 1 heterocycles. The number of nitrogens with zero attached hydrogens (tertiary/aromatic N) is 4. The molecular formula is C18H19FN4O5. The lowest BCUT2D eigenvalue weighted by atomic mass is 10.1. The second kappa shape index (κ2) is 8.17. The van der Waals surface area contributed by atoms with E-state index in [1.807, 2.05) is 4.90 Å². The molecule has 0 unspecified atom stereocenters. The lowest BCUT2D eigenvalue weighted by Crippen LogP contribution is -2.46. The Bertz CT molecular complexity index is 900. The molecule has 0 saturated carbocycles. The number of anilines is 1. The van der Waals surface area contributed by atoms with Crippen LogP contribution in [0.4, 0.5) is 21.5 Å². The Morgan fingerprint density at radius 3 is 2.32 bits per heavy atom. The van der Waals surface area contributed by atoms with Crippen LogP contribution in [0.1, 0.15) is 5.56 Å². The van der Waals surface area contributed by atoms with Crippen molar-refractivity contribution in [2.45, 2.75) is 6.54 Å². The Morgan fingerprint density at radius 1 is 1.04 bits per heavy atom. The normalized spacial score (nSPS) is 14.7. The highest BCUT2D eigenvalue weighted by molar-refractivity contribution is 5.67. The SMILES string of the molecule is COc1ccc(CN2CCN(c3ccc([N+](=O)[O-])cc3[N+](=O)[O-])CC2)cc1F. The Morgan fingerprint density at radius 2 is 1.75 bits per heavy atom. The summed E-state index contributed by atoms with van der Waals surface area (Å²) >= 11 is 0. The number of ether oxygens (including phenoxy) is 1. The number of methoxy groups -OCH3 is 1. The second-order valence-corrected chi connectivity index (χ2v) is 6.42. The molecule has 1 aliphatic rings. The first kappa shape index (κ1) is 19.5. The highest BCUT2D eigenvalue weighted by Crippen LogP contribution is 2.32. The summed E-state index contributed by atoms with van der Waals surface area (Å²) in [6, 6.07) is 8.50. The summed E-state index contributed by atoms with van der Waals surface area (Å²) in [5, 5.41) is 22.2. The van der Waals surface area contributed by atoms with Crippen LogP contribution >= 0.6 is 0 Å². The number of nitro groups is 2. The molecular weight excluding hydrogens is 371 g/mol. The topological polar surface area (TPSA) is 102 Å². The van der Waals surface area contributed by atoms with Gasteiger partial charge in [0.05, 0.1) is 23.0 Å². The maximum atomic E-state index is 13.8. The predicted molar refractivity (Wildman–Crippen MR) is 100 cm³/mol. The molecule has 0 spiro atoms. The Labute approximate surface area is 160 Å². The minimum absolute atomic E-state index is 0.194. The summed E-state index contributed by atoms with van der Waals surface area (Å²) in [7, 11) is 1.41. The molecule has 1 fully saturated rings. The van der Waals surface area contributed by atoms with Gasteiger partial charge in [0.2, 0.25) is 0 Å². The minimum atomic E-state index is -0.650. The van der Waals surface area contributed by atoms with Crippen LogP contribution in [-0.4, -0.2) is 48.0 Å². The van der Waals surface area contributed by atoms with E-state index in [-0.39, 0.29) is 17.1 Å². The lowest BCUT2D eigenvalue weighted by Gasteiger charge is -2.35. The van der Waals surface area contributed by atoms with E-state index in [1.165, 1.54) is 25.3 Å². The first-order valence-corrected chi connectivity index (χ1v) is 8.61. The molecule has 0 radical (unpaired) electrons. The molecule has 0 N–H and O–H groups in total. The minimum Gasteiger partial charge on any atom is -0.494 e. The van der Waals surface area contributed by atoms with Gasteiger partial charge in [-0.1, -0.05) is 6.07 Å². The summed E-state index contributed by atoms with van der Waals surface area (Å²) in [4.78, 5) is 24.9. The number of halogens is 1. The molecule has 148 valence electrons. The molecule has 0 bridgehead atoms. The average molecular weight is 390 g/mol. The highest BCUT2D eigenvalue weighted by Gasteiger charge is 2.26. The van der Waals surface area contributed by atoms with Gasteiger partial charge in [-0.15, -0.1) is 0 Å². The number of rotatable bonds is 6. The fourth-order valence-electron chi connectivity index (χ4n) is 3.25. The molecule has 28 heavy (non-hydrogen) atoms. The molecule has 10 heteroatoms. The molecule has 9 nitrogen and oxygen atoms in total. The summed E-state index contributed by atoms with van der Waals surface area (Å²) in [6.07, 6.45) is 0. The maximum Gasteiger partial charge on any atom is 0.299 e. The summed E-state index contributed by atoms with van der Waals surface area (Å²) < 4.78 is 18.7. The molecule has 2 aromatic rings. The predicted octanol–water partition coefficient (Wildman–Crippen LogP) is 2.97. The van der Waals surface area contributed by atoms with Crippen LogP contribution in [-0.2, 0) is 6.54 Å². The Hall–Kier alpha value is -3.27. The van der Waals surface area contributed by atoms with E-state index < -0.39 is 15.7 Å². The molecule has 0 amide bonds. The largest absolute Gasteiger partial charge is 0.494 e. The van der Waals surface area contributed by atoms with E-state index in [0.29, 0.717) is 38.4 Å². The van der Waals surface area contributed by atoms with Gasteiger partial charge in [-0.25, -0.2) is 4.39 Å². The van der Waals surface area contributed by atoms with Gasteiger partial charge in [-0.3, -0.25) is 25.1 Å². The van der Waals surface area contributed by atoms with Gasteiger partial charge in [0.25, 0.3) is 11.4 Å². The first-order valence-electron chi connectivity index (χ1n) is 8.61. The number of piperazine rings is 1. The summed E-state index contributed by atoms with van der Waals surface area (Å²) in [6.45, 7) is 2.86. The third-order valence-electron chi connectivity index (χ3n) is 4.70. The first-order chi connectivity index (χ1) is 13.4. The van der Waals surface area contributed by atoms with Crippen molar-refractivity contribution < 1.29 is 19.0 Å². The van der Waals surface area contributed by atoms with Crippen LogP contribution in [0.25, 0.3) is 0 Å². The lowest BCUT2D eigenvalue weighted by molar-refractivity contribution is -0.393. The van der Waals surface area contributed by atoms with Gasteiger partial charge in [-0.05, 0) is 23.8 Å². The number of hydrogen-bond acceptors (Lipinski definition) is 7. The number of hydrogen-bond donors (Lipinski definition) is 0. The Kier molecular flexibility index (Phi) is 5.69. The third kappa shape index (κ3) is 4.17. The summed E-state index contributed by atoms with van der Waals surface area (Å²) in [5.74, 6) is -0.223. The van der Waals surface area contributed by atoms with Crippen molar-refractivity contribution in [1.29, 1.82) is 0 Å². The van der Waals surface area contributed by atoms with Crippen LogP contribution in [0.3, 0.4) is 0 Å². The second-order valence-electron chi connectivity index (χ2n) is 6.42. The van der Waals surface area contributed by atoms with E-state index in [4.69, 9.17) is 4.74 Å². The highest BCUT2D eigenvalue weighted by atomic mass is 19.1. The van der Waals surface area contributed by atoms with E-state index in [1.54, 1.807) is 12.1 Å². The van der Waals surface area contributed by atoms with Crippen LogP contribution < -0.4 is 9.64 Å². The van der Waals surface area contributed by atoms with E-state index in [2.05, 4.69) is 4.90 Å². The maximum absolute atomic E-state index is 13.8. The molecule has 3 rings (SSSR count). The molecule has 0 atom stereocenters. The standard InChI is InChI=1S/C18H19FN4O5/c1-28-18-5-2-13(10-15(18)19)12-20-6-8-21(9-7-20)16-4-3-14(22(24)25)11-17(16)23(26)27/h2-5,10-11H,6-9,12H2,1H3. The fraction of sp³-hybridized carbons (Fsp3) is 0.333. The van der Waals surface area contributed by atoms with Crippen molar-refractivity contribution in [2.24, 2.45) is 0 Å². The molecule has 0 aromatic heterocycles. The van der Waals surface area contributed by atoms with Crippen molar-refractivity contribution in [2.75, 3.05) is 38.2 Å². The zero-order valence-corrected chi connectivity index (χ0v) is 15.2. The van der Waals surface area contributed by atoms with Crippen LogP contribution in [0.5, 0.6) is 5.75 Å². The van der Waals surface area contributed by atoms with Gasteiger partial charge in [0.1, 0.15) is 5.69 Å². The van der Waals surface area contributed by atoms with Crippen molar-refractivity contribution >= 4 is 17.1 Å². The molecule has 1 aliphatic heterocycles. The molecule has 1 saturated heterocycles. The quantitative estimate of drug-likeness (QED) is 0.552.